The van der Waals surface area contributed by atoms with Crippen LogP contribution in [0.3, 0.4) is 0 Å². The van der Waals surface area contributed by atoms with E-state index in [1.54, 1.807) is 0 Å². The molecule has 1 aromatic carbocycles. The van der Waals surface area contributed by atoms with Crippen LogP contribution in [0.5, 0.6) is 0 Å². The van der Waals surface area contributed by atoms with Gasteiger partial charge in [0.25, 0.3) is 0 Å². The number of nitrogens with zero attached hydrogens (tertiary/aromatic N) is 1. The quantitative estimate of drug-likeness (QED) is 0.749. The molecule has 1 aromatic rings. The largest absolute Gasteiger partial charge is 0.302 e. The first-order valence-electron chi connectivity index (χ1n) is 4.90. The third-order valence-electron chi connectivity index (χ3n) is 2.59. The molecule has 0 saturated carbocycles. The first kappa shape index (κ1) is 11.6. The van der Waals surface area contributed by atoms with Crippen LogP contribution in [-0.4, -0.2) is 24.7 Å². The van der Waals surface area contributed by atoms with Crippen molar-refractivity contribution in [2.75, 3.05) is 19.8 Å². The monoisotopic (exact) mass is 209 g/mol. The number of thiol groups is 1. The van der Waals surface area contributed by atoms with Gasteiger partial charge in [0.05, 0.1) is 0 Å². The van der Waals surface area contributed by atoms with Crippen molar-refractivity contribution in [3.05, 3.63) is 34.9 Å². The van der Waals surface area contributed by atoms with Crippen LogP contribution in [0.25, 0.3) is 0 Å². The fourth-order valence-corrected chi connectivity index (χ4v) is 2.18. The molecule has 0 bridgehead atoms. The first-order valence-corrected chi connectivity index (χ1v) is 5.54. The van der Waals surface area contributed by atoms with Gasteiger partial charge < -0.3 is 4.90 Å². The van der Waals surface area contributed by atoms with Gasteiger partial charge >= 0.3 is 0 Å². The highest BCUT2D eigenvalue weighted by molar-refractivity contribution is 7.80. The minimum Gasteiger partial charge on any atom is -0.302 e. The Hall–Kier alpha value is -0.470. The van der Waals surface area contributed by atoms with Crippen molar-refractivity contribution < 1.29 is 0 Å². The summed E-state index contributed by atoms with van der Waals surface area (Å²) in [5.41, 5.74) is 4.06. The maximum atomic E-state index is 4.41. The second kappa shape index (κ2) is 4.85. The van der Waals surface area contributed by atoms with Gasteiger partial charge in [0.1, 0.15) is 0 Å². The molecule has 0 saturated heterocycles. The van der Waals surface area contributed by atoms with Gasteiger partial charge in [-0.05, 0) is 39.1 Å². The minimum atomic E-state index is 0.415. The van der Waals surface area contributed by atoms with Crippen LogP contribution in [0.15, 0.2) is 18.2 Å². The highest BCUT2D eigenvalue weighted by Gasteiger charge is 2.14. The average Bonchev–Trinajstić information content (AvgIpc) is 2.11. The third kappa shape index (κ3) is 2.52. The Kier molecular flexibility index (Phi) is 4.02. The molecule has 0 fully saturated rings. The summed E-state index contributed by atoms with van der Waals surface area (Å²) in [6.45, 7) is 4.29. The smallest absolute Gasteiger partial charge is 0.0432 e. The molecule has 1 atom stereocenters. The van der Waals surface area contributed by atoms with Crippen LogP contribution in [0.1, 0.15) is 22.7 Å². The Balaban J connectivity index is 3.08. The van der Waals surface area contributed by atoms with E-state index in [4.69, 9.17) is 0 Å². The molecule has 0 N–H and O–H groups in total. The molecular weight excluding hydrogens is 190 g/mol. The summed E-state index contributed by atoms with van der Waals surface area (Å²) in [4.78, 5) is 2.22. The van der Waals surface area contributed by atoms with Crippen LogP contribution in [0, 0.1) is 13.8 Å². The van der Waals surface area contributed by atoms with Crippen molar-refractivity contribution in [2.45, 2.75) is 19.9 Å². The van der Waals surface area contributed by atoms with Gasteiger partial charge in [-0.25, -0.2) is 0 Å². The third-order valence-corrected chi connectivity index (χ3v) is 2.94. The van der Waals surface area contributed by atoms with Crippen molar-refractivity contribution in [2.24, 2.45) is 0 Å². The maximum absolute atomic E-state index is 4.41. The van der Waals surface area contributed by atoms with Crippen molar-refractivity contribution >= 4 is 12.6 Å². The topological polar surface area (TPSA) is 3.24 Å². The van der Waals surface area contributed by atoms with Crippen molar-refractivity contribution in [3.63, 3.8) is 0 Å². The molecular formula is C12H19NS. The zero-order valence-corrected chi connectivity index (χ0v) is 10.3. The van der Waals surface area contributed by atoms with Gasteiger partial charge in [-0.15, -0.1) is 0 Å². The Morgan fingerprint density at radius 2 is 1.93 bits per heavy atom. The molecule has 0 aliphatic heterocycles. The highest BCUT2D eigenvalue weighted by atomic mass is 32.1. The number of benzene rings is 1. The van der Waals surface area contributed by atoms with E-state index < -0.39 is 0 Å². The standard InChI is InChI=1S/C12H19NS/c1-9-5-6-10(2)11(7-9)12(8-14)13(3)4/h5-7,12,14H,8H2,1-4H3. The van der Waals surface area contributed by atoms with Gasteiger partial charge in [0.2, 0.25) is 0 Å². The molecule has 78 valence electrons. The van der Waals surface area contributed by atoms with E-state index in [0.29, 0.717) is 6.04 Å². The SMILES string of the molecule is Cc1ccc(C)c(C(CS)N(C)C)c1. The number of hydrogen-bond acceptors (Lipinski definition) is 2. The summed E-state index contributed by atoms with van der Waals surface area (Å²) >= 11 is 4.41. The molecule has 14 heavy (non-hydrogen) atoms. The normalized spacial score (nSPS) is 13.3. The second-order valence-electron chi connectivity index (χ2n) is 4.02. The van der Waals surface area contributed by atoms with E-state index in [1.165, 1.54) is 16.7 Å². The molecule has 1 rings (SSSR count). The summed E-state index contributed by atoms with van der Waals surface area (Å²) in [6, 6.07) is 7.02. The van der Waals surface area contributed by atoms with Crippen LogP contribution in [0.2, 0.25) is 0 Å². The van der Waals surface area contributed by atoms with Gasteiger partial charge in [0.15, 0.2) is 0 Å². The zero-order valence-electron chi connectivity index (χ0n) is 9.41. The second-order valence-corrected chi connectivity index (χ2v) is 4.39. The fraction of sp³-hybridized carbons (Fsp3) is 0.500. The van der Waals surface area contributed by atoms with Crippen LogP contribution >= 0.6 is 12.6 Å². The predicted octanol–water partition coefficient (Wildman–Crippen LogP) is 2.84. The molecule has 0 aliphatic rings. The summed E-state index contributed by atoms with van der Waals surface area (Å²) in [5.74, 6) is 0.858. The lowest BCUT2D eigenvalue weighted by Gasteiger charge is -2.24. The van der Waals surface area contributed by atoms with E-state index >= 15 is 0 Å². The molecule has 0 amide bonds. The van der Waals surface area contributed by atoms with E-state index in [0.717, 1.165) is 5.75 Å². The lowest BCUT2D eigenvalue weighted by molar-refractivity contribution is 0.325. The summed E-state index contributed by atoms with van der Waals surface area (Å²) in [7, 11) is 4.20. The molecule has 1 unspecified atom stereocenters. The molecule has 0 aromatic heterocycles. The fourth-order valence-electron chi connectivity index (χ4n) is 1.66. The summed E-state index contributed by atoms with van der Waals surface area (Å²) in [5, 5.41) is 0. The Labute approximate surface area is 92.5 Å². The van der Waals surface area contributed by atoms with E-state index in [1.807, 2.05) is 0 Å². The van der Waals surface area contributed by atoms with Crippen molar-refractivity contribution in [1.82, 2.24) is 4.90 Å². The van der Waals surface area contributed by atoms with Crippen molar-refractivity contribution in [1.29, 1.82) is 0 Å². The van der Waals surface area contributed by atoms with Gasteiger partial charge in [-0.1, -0.05) is 23.8 Å². The van der Waals surface area contributed by atoms with Crippen molar-refractivity contribution in [3.8, 4) is 0 Å². The van der Waals surface area contributed by atoms with E-state index in [9.17, 15) is 0 Å². The van der Waals surface area contributed by atoms with Crippen LogP contribution in [0.4, 0.5) is 0 Å². The van der Waals surface area contributed by atoms with Gasteiger partial charge in [-0.3, -0.25) is 0 Å². The number of hydrogen-bond donors (Lipinski definition) is 1. The lowest BCUT2D eigenvalue weighted by Crippen LogP contribution is -2.22. The Bertz CT molecular complexity index is 307. The molecule has 0 heterocycles. The molecule has 0 aliphatic carbocycles. The van der Waals surface area contributed by atoms with Crippen LogP contribution < -0.4 is 0 Å². The highest BCUT2D eigenvalue weighted by Crippen LogP contribution is 2.23. The maximum Gasteiger partial charge on any atom is 0.0432 e. The van der Waals surface area contributed by atoms with Gasteiger partial charge in [-0.2, -0.15) is 12.6 Å². The number of aryl methyl sites for hydroxylation is 2. The predicted molar refractivity (Wildman–Crippen MR) is 66.2 cm³/mol. The van der Waals surface area contributed by atoms with Gasteiger partial charge in [0, 0.05) is 11.8 Å². The van der Waals surface area contributed by atoms with Crippen LogP contribution in [-0.2, 0) is 0 Å². The zero-order chi connectivity index (χ0) is 10.7. The molecule has 0 radical (unpaired) electrons. The summed E-state index contributed by atoms with van der Waals surface area (Å²) in [6.07, 6.45) is 0. The van der Waals surface area contributed by atoms with E-state index in [-0.39, 0.29) is 0 Å². The Morgan fingerprint density at radius 1 is 1.29 bits per heavy atom. The minimum absolute atomic E-state index is 0.415. The summed E-state index contributed by atoms with van der Waals surface area (Å²) < 4.78 is 0. The lowest BCUT2D eigenvalue weighted by atomic mass is 9.99. The average molecular weight is 209 g/mol. The Morgan fingerprint density at radius 3 is 2.43 bits per heavy atom. The molecule has 0 spiro atoms. The van der Waals surface area contributed by atoms with E-state index in [2.05, 4.69) is 63.7 Å². The number of rotatable bonds is 3. The first-order chi connectivity index (χ1) is 6.56. The molecule has 1 nitrogen and oxygen atoms in total. The molecule has 2 heteroatoms.